The van der Waals surface area contributed by atoms with Crippen molar-refractivity contribution in [2.75, 3.05) is 31.1 Å². The van der Waals surface area contributed by atoms with Crippen LogP contribution in [0.5, 0.6) is 0 Å². The zero-order valence-electron chi connectivity index (χ0n) is 16.6. The first-order chi connectivity index (χ1) is 13.5. The molecule has 1 saturated heterocycles. The number of aromatic nitrogens is 3. The first-order valence-electron chi connectivity index (χ1n) is 9.73. The van der Waals surface area contributed by atoms with Gasteiger partial charge in [-0.25, -0.2) is 9.97 Å². The van der Waals surface area contributed by atoms with Crippen LogP contribution in [0.4, 0.5) is 5.95 Å². The third-order valence-corrected chi connectivity index (χ3v) is 5.48. The molecule has 4 rings (SSSR count). The lowest BCUT2D eigenvalue weighted by Crippen LogP contribution is -2.35. The van der Waals surface area contributed by atoms with Gasteiger partial charge in [-0.2, -0.15) is 0 Å². The van der Waals surface area contributed by atoms with Gasteiger partial charge in [-0.15, -0.1) is 0 Å². The maximum Gasteiger partial charge on any atom is 0.254 e. The average Bonchev–Trinajstić information content (AvgIpc) is 2.97. The average molecular weight is 375 g/mol. The second kappa shape index (κ2) is 7.54. The van der Waals surface area contributed by atoms with Gasteiger partial charge < -0.3 is 9.80 Å². The fourth-order valence-electron chi connectivity index (χ4n) is 3.78. The van der Waals surface area contributed by atoms with Crippen LogP contribution in [-0.4, -0.2) is 51.9 Å². The molecule has 144 valence electrons. The maximum absolute atomic E-state index is 13.4. The van der Waals surface area contributed by atoms with Crippen LogP contribution in [0, 0.1) is 20.8 Å². The summed E-state index contributed by atoms with van der Waals surface area (Å²) in [6, 6.07) is 7.84. The van der Waals surface area contributed by atoms with Gasteiger partial charge in [-0.05, 0) is 50.5 Å². The molecule has 6 heteroatoms. The van der Waals surface area contributed by atoms with Crippen LogP contribution in [-0.2, 0) is 0 Å². The largest absolute Gasteiger partial charge is 0.339 e. The van der Waals surface area contributed by atoms with Gasteiger partial charge in [0, 0.05) is 49.7 Å². The van der Waals surface area contributed by atoms with E-state index in [2.05, 4.69) is 34.8 Å². The second-order valence-electron chi connectivity index (χ2n) is 7.40. The van der Waals surface area contributed by atoms with E-state index in [4.69, 9.17) is 4.98 Å². The van der Waals surface area contributed by atoms with Crippen LogP contribution >= 0.6 is 0 Å². The smallest absolute Gasteiger partial charge is 0.254 e. The van der Waals surface area contributed by atoms with Gasteiger partial charge in [0.2, 0.25) is 5.95 Å². The van der Waals surface area contributed by atoms with Gasteiger partial charge in [-0.1, -0.05) is 12.1 Å². The lowest BCUT2D eigenvalue weighted by atomic mass is 10.00. The summed E-state index contributed by atoms with van der Waals surface area (Å²) in [5.41, 5.74) is 4.88. The number of carbonyl (C=O) groups is 1. The number of anilines is 1. The molecule has 1 aliphatic heterocycles. The standard InChI is InChI=1S/C22H25N5O/c1-15-6-7-18-19(14-16(2)25-20(18)17(15)3)21(28)26-10-5-11-27(13-12-26)22-23-8-4-9-24-22/h4,6-9,14H,5,10-13H2,1-3H3. The third kappa shape index (κ3) is 3.42. The van der Waals surface area contributed by atoms with Crippen molar-refractivity contribution in [1.82, 2.24) is 19.9 Å². The molecule has 0 bridgehead atoms. The minimum atomic E-state index is 0.0783. The molecule has 2 aromatic heterocycles. The highest BCUT2D eigenvalue weighted by molar-refractivity contribution is 6.07. The van der Waals surface area contributed by atoms with E-state index in [1.165, 1.54) is 5.56 Å². The summed E-state index contributed by atoms with van der Waals surface area (Å²) in [5.74, 6) is 0.808. The van der Waals surface area contributed by atoms with Crippen molar-refractivity contribution < 1.29 is 4.79 Å². The molecule has 0 aliphatic carbocycles. The molecule has 0 N–H and O–H groups in total. The number of hydrogen-bond acceptors (Lipinski definition) is 5. The number of benzene rings is 1. The lowest BCUT2D eigenvalue weighted by molar-refractivity contribution is 0.0769. The molecule has 1 aliphatic rings. The highest BCUT2D eigenvalue weighted by Crippen LogP contribution is 2.25. The van der Waals surface area contributed by atoms with Crippen molar-refractivity contribution >= 4 is 22.8 Å². The molecule has 1 aromatic carbocycles. The van der Waals surface area contributed by atoms with Crippen LogP contribution in [0.15, 0.2) is 36.7 Å². The summed E-state index contributed by atoms with van der Waals surface area (Å²) in [6.07, 6.45) is 4.41. The zero-order chi connectivity index (χ0) is 19.7. The highest BCUT2D eigenvalue weighted by Gasteiger charge is 2.23. The quantitative estimate of drug-likeness (QED) is 0.688. The van der Waals surface area contributed by atoms with E-state index in [-0.39, 0.29) is 5.91 Å². The Morgan fingerprint density at radius 3 is 2.57 bits per heavy atom. The first-order valence-corrected chi connectivity index (χ1v) is 9.73. The predicted molar refractivity (Wildman–Crippen MR) is 111 cm³/mol. The number of nitrogens with zero attached hydrogens (tertiary/aromatic N) is 5. The van der Waals surface area contributed by atoms with Crippen molar-refractivity contribution in [1.29, 1.82) is 0 Å². The molecule has 0 radical (unpaired) electrons. The van der Waals surface area contributed by atoms with Crippen molar-refractivity contribution in [2.24, 2.45) is 0 Å². The Bertz CT molecular complexity index is 1020. The molecule has 0 spiro atoms. The predicted octanol–water partition coefficient (Wildman–Crippen LogP) is 3.30. The molecule has 6 nitrogen and oxygen atoms in total. The van der Waals surface area contributed by atoms with E-state index in [0.29, 0.717) is 6.54 Å². The van der Waals surface area contributed by atoms with Crippen LogP contribution in [0.1, 0.15) is 33.6 Å². The Hall–Kier alpha value is -3.02. The van der Waals surface area contributed by atoms with Gasteiger partial charge >= 0.3 is 0 Å². The van der Waals surface area contributed by atoms with E-state index in [9.17, 15) is 4.79 Å². The van der Waals surface area contributed by atoms with Crippen LogP contribution in [0.2, 0.25) is 0 Å². The molecular formula is C22H25N5O. The molecule has 1 fully saturated rings. The summed E-state index contributed by atoms with van der Waals surface area (Å²) in [5, 5.41) is 0.936. The normalized spacial score (nSPS) is 15.0. The number of pyridine rings is 1. The summed E-state index contributed by atoms with van der Waals surface area (Å²) in [6.45, 7) is 9.07. The van der Waals surface area contributed by atoms with E-state index in [0.717, 1.165) is 59.7 Å². The number of hydrogen-bond donors (Lipinski definition) is 0. The molecule has 0 saturated carbocycles. The molecule has 0 unspecified atom stereocenters. The first kappa shape index (κ1) is 18.3. The summed E-state index contributed by atoms with van der Waals surface area (Å²) in [4.78, 5) is 30.9. The Morgan fingerprint density at radius 2 is 1.79 bits per heavy atom. The van der Waals surface area contributed by atoms with Gasteiger partial charge in [0.15, 0.2) is 0 Å². The van der Waals surface area contributed by atoms with E-state index >= 15 is 0 Å². The van der Waals surface area contributed by atoms with Crippen molar-refractivity contribution in [2.45, 2.75) is 27.2 Å². The molecule has 1 amide bonds. The summed E-state index contributed by atoms with van der Waals surface area (Å²) >= 11 is 0. The minimum Gasteiger partial charge on any atom is -0.339 e. The fraction of sp³-hybridized carbons (Fsp3) is 0.364. The zero-order valence-corrected chi connectivity index (χ0v) is 16.6. The number of fused-ring (bicyclic) bond motifs is 1. The maximum atomic E-state index is 13.4. The van der Waals surface area contributed by atoms with E-state index < -0.39 is 0 Å². The topological polar surface area (TPSA) is 62.2 Å². The molecule has 28 heavy (non-hydrogen) atoms. The van der Waals surface area contributed by atoms with Gasteiger partial charge in [0.25, 0.3) is 5.91 Å². The Kier molecular flexibility index (Phi) is 4.94. The SMILES string of the molecule is Cc1cc(C(=O)N2CCCN(c3ncccn3)CC2)c2ccc(C)c(C)c2n1. The Morgan fingerprint density at radius 1 is 1.00 bits per heavy atom. The molecule has 0 atom stereocenters. The monoisotopic (exact) mass is 375 g/mol. The van der Waals surface area contributed by atoms with Crippen LogP contribution in [0.3, 0.4) is 0 Å². The summed E-state index contributed by atoms with van der Waals surface area (Å²) < 4.78 is 0. The van der Waals surface area contributed by atoms with Gasteiger partial charge in [0.1, 0.15) is 0 Å². The molecule has 3 heterocycles. The lowest BCUT2D eigenvalue weighted by Gasteiger charge is -2.23. The van der Waals surface area contributed by atoms with Crippen molar-refractivity contribution in [3.8, 4) is 0 Å². The van der Waals surface area contributed by atoms with Crippen LogP contribution in [0.25, 0.3) is 10.9 Å². The van der Waals surface area contributed by atoms with Crippen molar-refractivity contribution in [3.63, 3.8) is 0 Å². The highest BCUT2D eigenvalue weighted by atomic mass is 16.2. The Balaban J connectivity index is 1.62. The number of aryl methyl sites for hydroxylation is 3. The van der Waals surface area contributed by atoms with E-state index in [1.807, 2.05) is 30.0 Å². The minimum absolute atomic E-state index is 0.0783. The van der Waals surface area contributed by atoms with Gasteiger partial charge in [-0.3, -0.25) is 9.78 Å². The van der Waals surface area contributed by atoms with Crippen LogP contribution < -0.4 is 4.90 Å². The number of rotatable bonds is 2. The molecular weight excluding hydrogens is 350 g/mol. The van der Waals surface area contributed by atoms with Crippen molar-refractivity contribution in [3.05, 3.63) is 59.0 Å². The van der Waals surface area contributed by atoms with Gasteiger partial charge in [0.05, 0.1) is 11.1 Å². The Labute approximate surface area is 165 Å². The molecule has 3 aromatic rings. The second-order valence-corrected chi connectivity index (χ2v) is 7.40. The number of amides is 1. The number of carbonyl (C=O) groups excluding carboxylic acids is 1. The third-order valence-electron chi connectivity index (χ3n) is 5.48. The fourth-order valence-corrected chi connectivity index (χ4v) is 3.78. The summed E-state index contributed by atoms with van der Waals surface area (Å²) in [7, 11) is 0. The van der Waals surface area contributed by atoms with E-state index in [1.54, 1.807) is 12.4 Å².